The van der Waals surface area contributed by atoms with Crippen molar-refractivity contribution in [1.82, 2.24) is 9.80 Å². The lowest BCUT2D eigenvalue weighted by atomic mass is 9.84. The number of carboxylic acids is 1. The van der Waals surface area contributed by atoms with Gasteiger partial charge in [0.2, 0.25) is 5.91 Å². The maximum atomic E-state index is 12.1. The predicted octanol–water partition coefficient (Wildman–Crippen LogP) is 1.68. The van der Waals surface area contributed by atoms with Gasteiger partial charge in [-0.1, -0.05) is 6.92 Å². The van der Waals surface area contributed by atoms with Crippen LogP contribution in [0.15, 0.2) is 0 Å². The van der Waals surface area contributed by atoms with Gasteiger partial charge < -0.3 is 10.0 Å². The molecule has 1 amide bonds. The Morgan fingerprint density at radius 3 is 2.55 bits per heavy atom. The number of nitrogens with zero attached hydrogens (tertiary/aromatic N) is 2. The second-order valence-corrected chi connectivity index (χ2v) is 5.78. The van der Waals surface area contributed by atoms with Crippen LogP contribution in [-0.2, 0) is 9.59 Å². The van der Waals surface area contributed by atoms with Gasteiger partial charge in [-0.25, -0.2) is 0 Å². The van der Waals surface area contributed by atoms with Crippen molar-refractivity contribution in [3.05, 3.63) is 0 Å². The fraction of sp³-hybridized carbons (Fsp3) is 0.867. The largest absolute Gasteiger partial charge is 0.481 e. The zero-order valence-electron chi connectivity index (χ0n) is 13.0. The van der Waals surface area contributed by atoms with Crippen molar-refractivity contribution in [3.8, 4) is 0 Å². The van der Waals surface area contributed by atoms with Crippen molar-refractivity contribution in [3.63, 3.8) is 0 Å². The highest BCUT2D eigenvalue weighted by Gasteiger charge is 2.27. The lowest BCUT2D eigenvalue weighted by Crippen LogP contribution is -2.45. The SMILES string of the molecule is CCN(CC)C(=O)CN1CCCC(C(C)CC(=O)O)C1. The Kier molecular flexibility index (Phi) is 6.99. The summed E-state index contributed by atoms with van der Waals surface area (Å²) >= 11 is 0. The smallest absolute Gasteiger partial charge is 0.303 e. The first-order chi connectivity index (χ1) is 9.47. The molecular weight excluding hydrogens is 256 g/mol. The minimum absolute atomic E-state index is 0.179. The lowest BCUT2D eigenvalue weighted by Gasteiger charge is -2.36. The van der Waals surface area contributed by atoms with E-state index in [2.05, 4.69) is 4.90 Å². The Morgan fingerprint density at radius 1 is 1.35 bits per heavy atom. The number of aliphatic carboxylic acids is 1. The van der Waals surface area contributed by atoms with Crippen LogP contribution >= 0.6 is 0 Å². The Labute approximate surface area is 121 Å². The first-order valence-corrected chi connectivity index (χ1v) is 7.69. The summed E-state index contributed by atoms with van der Waals surface area (Å²) in [5, 5.41) is 8.89. The number of carbonyl (C=O) groups excluding carboxylic acids is 1. The summed E-state index contributed by atoms with van der Waals surface area (Å²) in [7, 11) is 0. The molecule has 116 valence electrons. The van der Waals surface area contributed by atoms with E-state index in [1.807, 2.05) is 25.7 Å². The molecule has 1 rings (SSSR count). The van der Waals surface area contributed by atoms with E-state index in [-0.39, 0.29) is 18.2 Å². The van der Waals surface area contributed by atoms with Crippen molar-refractivity contribution < 1.29 is 14.7 Å². The van der Waals surface area contributed by atoms with E-state index in [0.717, 1.165) is 39.0 Å². The van der Waals surface area contributed by atoms with Crippen LogP contribution in [0, 0.1) is 11.8 Å². The summed E-state index contributed by atoms with van der Waals surface area (Å²) in [5.74, 6) is 0.0265. The van der Waals surface area contributed by atoms with Crippen LogP contribution < -0.4 is 0 Å². The molecule has 2 atom stereocenters. The summed E-state index contributed by atoms with van der Waals surface area (Å²) in [6, 6.07) is 0. The molecule has 1 aliphatic heterocycles. The zero-order chi connectivity index (χ0) is 15.1. The first-order valence-electron chi connectivity index (χ1n) is 7.69. The molecular formula is C15H28N2O3. The molecule has 1 N–H and O–H groups in total. The van der Waals surface area contributed by atoms with Gasteiger partial charge in [0, 0.05) is 26.1 Å². The fourth-order valence-corrected chi connectivity index (χ4v) is 3.01. The highest BCUT2D eigenvalue weighted by Crippen LogP contribution is 2.26. The number of likely N-dealkylation sites (N-methyl/N-ethyl adjacent to an activating group) is 1. The van der Waals surface area contributed by atoms with Crippen LogP contribution in [0.25, 0.3) is 0 Å². The van der Waals surface area contributed by atoms with E-state index >= 15 is 0 Å². The average molecular weight is 284 g/mol. The highest BCUT2D eigenvalue weighted by molar-refractivity contribution is 5.78. The average Bonchev–Trinajstić information content (AvgIpc) is 2.39. The third-order valence-corrected chi connectivity index (χ3v) is 4.32. The third kappa shape index (κ3) is 5.12. The number of rotatable bonds is 7. The molecule has 0 aromatic rings. The predicted molar refractivity (Wildman–Crippen MR) is 78.5 cm³/mol. The van der Waals surface area contributed by atoms with Gasteiger partial charge in [-0.2, -0.15) is 0 Å². The summed E-state index contributed by atoms with van der Waals surface area (Å²) in [6.45, 7) is 9.77. The van der Waals surface area contributed by atoms with Gasteiger partial charge in [-0.15, -0.1) is 0 Å². The normalized spacial score (nSPS) is 21.4. The zero-order valence-corrected chi connectivity index (χ0v) is 13.0. The molecule has 1 aliphatic rings. The van der Waals surface area contributed by atoms with Gasteiger partial charge in [0.25, 0.3) is 0 Å². The van der Waals surface area contributed by atoms with E-state index in [0.29, 0.717) is 12.5 Å². The van der Waals surface area contributed by atoms with Gasteiger partial charge in [-0.05, 0) is 45.1 Å². The van der Waals surface area contributed by atoms with Crippen LogP contribution in [0.3, 0.4) is 0 Å². The molecule has 5 nitrogen and oxygen atoms in total. The van der Waals surface area contributed by atoms with Crippen LogP contribution in [0.2, 0.25) is 0 Å². The van der Waals surface area contributed by atoms with Crippen LogP contribution in [0.4, 0.5) is 0 Å². The summed E-state index contributed by atoms with van der Waals surface area (Å²) < 4.78 is 0. The molecule has 0 bridgehead atoms. The first kappa shape index (κ1) is 17.0. The molecule has 1 fully saturated rings. The van der Waals surface area contributed by atoms with Crippen molar-refractivity contribution in [2.24, 2.45) is 11.8 Å². The molecule has 1 saturated heterocycles. The molecule has 1 heterocycles. The molecule has 5 heteroatoms. The second kappa shape index (κ2) is 8.25. The third-order valence-electron chi connectivity index (χ3n) is 4.32. The Bertz CT molecular complexity index is 329. The van der Waals surface area contributed by atoms with Crippen molar-refractivity contribution >= 4 is 11.9 Å². The molecule has 2 unspecified atom stereocenters. The summed E-state index contributed by atoms with van der Waals surface area (Å²) in [4.78, 5) is 27.0. The van der Waals surface area contributed by atoms with E-state index in [9.17, 15) is 9.59 Å². The molecule has 0 saturated carbocycles. The lowest BCUT2D eigenvalue weighted by molar-refractivity contribution is -0.139. The minimum atomic E-state index is -0.728. The summed E-state index contributed by atoms with van der Waals surface area (Å²) in [6.07, 6.45) is 2.35. The number of carboxylic acid groups (broad SMARTS) is 1. The molecule has 0 aromatic heterocycles. The monoisotopic (exact) mass is 284 g/mol. The van der Waals surface area contributed by atoms with Crippen molar-refractivity contribution in [2.45, 2.75) is 40.0 Å². The minimum Gasteiger partial charge on any atom is -0.481 e. The number of piperidine rings is 1. The maximum Gasteiger partial charge on any atom is 0.303 e. The Hall–Kier alpha value is -1.10. The molecule has 0 radical (unpaired) electrons. The molecule has 0 aliphatic carbocycles. The van der Waals surface area contributed by atoms with Crippen LogP contribution in [0.1, 0.15) is 40.0 Å². The highest BCUT2D eigenvalue weighted by atomic mass is 16.4. The van der Waals surface area contributed by atoms with Gasteiger partial charge >= 0.3 is 5.97 Å². The number of hydrogen-bond donors (Lipinski definition) is 1. The van der Waals surface area contributed by atoms with E-state index < -0.39 is 5.97 Å². The Balaban J connectivity index is 2.48. The summed E-state index contributed by atoms with van der Waals surface area (Å²) in [5.41, 5.74) is 0. The second-order valence-electron chi connectivity index (χ2n) is 5.78. The van der Waals surface area contributed by atoms with Crippen molar-refractivity contribution in [1.29, 1.82) is 0 Å². The quantitative estimate of drug-likeness (QED) is 0.772. The molecule has 20 heavy (non-hydrogen) atoms. The maximum absolute atomic E-state index is 12.1. The fourth-order valence-electron chi connectivity index (χ4n) is 3.01. The number of amides is 1. The van der Waals surface area contributed by atoms with E-state index in [1.54, 1.807) is 0 Å². The van der Waals surface area contributed by atoms with Crippen LogP contribution in [0.5, 0.6) is 0 Å². The van der Waals surface area contributed by atoms with E-state index in [1.165, 1.54) is 0 Å². The number of hydrogen-bond acceptors (Lipinski definition) is 3. The Morgan fingerprint density at radius 2 is 2.00 bits per heavy atom. The molecule has 0 aromatic carbocycles. The standard InChI is InChI=1S/C15H28N2O3/c1-4-17(5-2)14(18)11-16-8-6-7-13(10-16)12(3)9-15(19)20/h12-13H,4-11H2,1-3H3,(H,19,20). The molecule has 0 spiro atoms. The van der Waals surface area contributed by atoms with Gasteiger partial charge in [0.1, 0.15) is 0 Å². The van der Waals surface area contributed by atoms with Gasteiger partial charge in [0.15, 0.2) is 0 Å². The van der Waals surface area contributed by atoms with Crippen LogP contribution in [-0.4, -0.2) is 59.5 Å². The van der Waals surface area contributed by atoms with Crippen molar-refractivity contribution in [2.75, 3.05) is 32.7 Å². The number of carbonyl (C=O) groups is 2. The van der Waals surface area contributed by atoms with Gasteiger partial charge in [-0.3, -0.25) is 14.5 Å². The van der Waals surface area contributed by atoms with E-state index in [4.69, 9.17) is 5.11 Å². The number of likely N-dealkylation sites (tertiary alicyclic amines) is 1. The topological polar surface area (TPSA) is 60.9 Å². The van der Waals surface area contributed by atoms with Gasteiger partial charge in [0.05, 0.1) is 6.54 Å².